The number of rotatable bonds is 4. The predicted octanol–water partition coefficient (Wildman–Crippen LogP) is 2.45. The van der Waals surface area contributed by atoms with Crippen LogP contribution in [0.15, 0.2) is 23.6 Å². The van der Waals surface area contributed by atoms with Crippen molar-refractivity contribution in [1.29, 1.82) is 5.41 Å². The Morgan fingerprint density at radius 2 is 2.33 bits per heavy atom. The van der Waals surface area contributed by atoms with Gasteiger partial charge in [-0.15, -0.1) is 11.3 Å². The number of hydrogen-bond donors (Lipinski definition) is 2. The van der Waals surface area contributed by atoms with Gasteiger partial charge in [-0.2, -0.15) is 0 Å². The molecular formula is C12H12FN3OS. The summed E-state index contributed by atoms with van der Waals surface area (Å²) in [6.45, 7) is 2.12. The van der Waals surface area contributed by atoms with Crippen LogP contribution in [0.1, 0.15) is 16.3 Å². The van der Waals surface area contributed by atoms with E-state index in [4.69, 9.17) is 15.9 Å². The number of ether oxygens (including phenoxy) is 1. The van der Waals surface area contributed by atoms with Crippen molar-refractivity contribution < 1.29 is 9.13 Å². The van der Waals surface area contributed by atoms with Crippen molar-refractivity contribution in [2.75, 3.05) is 0 Å². The van der Waals surface area contributed by atoms with Crippen molar-refractivity contribution in [2.24, 2.45) is 5.73 Å². The number of nitrogens with one attached hydrogen (secondary N) is 1. The fourth-order valence-corrected chi connectivity index (χ4v) is 2.08. The second-order valence-electron chi connectivity index (χ2n) is 3.73. The molecule has 0 aliphatic rings. The van der Waals surface area contributed by atoms with E-state index < -0.39 is 5.82 Å². The SMILES string of the molecule is Cc1csc(COc2ccc(C(=N)N)cc2F)n1. The summed E-state index contributed by atoms with van der Waals surface area (Å²) in [5.74, 6) is -0.570. The van der Waals surface area contributed by atoms with Gasteiger partial charge in [-0.05, 0) is 25.1 Å². The first-order valence-corrected chi connectivity index (χ1v) is 6.12. The minimum Gasteiger partial charge on any atom is -0.483 e. The van der Waals surface area contributed by atoms with E-state index in [2.05, 4.69) is 4.98 Å². The lowest BCUT2D eigenvalue weighted by Crippen LogP contribution is -2.11. The number of amidine groups is 1. The lowest BCUT2D eigenvalue weighted by Gasteiger charge is -2.06. The van der Waals surface area contributed by atoms with Crippen LogP contribution in [0.25, 0.3) is 0 Å². The number of nitrogen functional groups attached to an aromatic ring is 1. The zero-order chi connectivity index (χ0) is 13.1. The smallest absolute Gasteiger partial charge is 0.165 e. The first-order valence-electron chi connectivity index (χ1n) is 5.24. The summed E-state index contributed by atoms with van der Waals surface area (Å²) in [5, 5.41) is 9.91. The maximum absolute atomic E-state index is 13.6. The van der Waals surface area contributed by atoms with Gasteiger partial charge in [-0.1, -0.05) is 0 Å². The lowest BCUT2D eigenvalue weighted by atomic mass is 10.2. The molecule has 0 unspecified atom stereocenters. The molecule has 4 nitrogen and oxygen atoms in total. The highest BCUT2D eigenvalue weighted by atomic mass is 32.1. The second kappa shape index (κ2) is 5.14. The highest BCUT2D eigenvalue weighted by molar-refractivity contribution is 7.09. The van der Waals surface area contributed by atoms with Gasteiger partial charge in [0.1, 0.15) is 17.5 Å². The Kier molecular flexibility index (Phi) is 3.57. The molecule has 3 N–H and O–H groups in total. The first kappa shape index (κ1) is 12.5. The number of aromatic nitrogens is 1. The summed E-state index contributed by atoms with van der Waals surface area (Å²) in [5.41, 5.74) is 6.53. The maximum atomic E-state index is 13.6. The molecule has 0 spiro atoms. The molecule has 0 saturated carbocycles. The normalized spacial score (nSPS) is 10.3. The molecule has 94 valence electrons. The molecule has 0 amide bonds. The molecule has 0 fully saturated rings. The van der Waals surface area contributed by atoms with E-state index in [1.54, 1.807) is 6.07 Å². The Morgan fingerprint density at radius 1 is 1.56 bits per heavy atom. The first-order chi connectivity index (χ1) is 8.56. The summed E-state index contributed by atoms with van der Waals surface area (Å²) >= 11 is 1.47. The largest absolute Gasteiger partial charge is 0.483 e. The lowest BCUT2D eigenvalue weighted by molar-refractivity contribution is 0.289. The van der Waals surface area contributed by atoms with E-state index >= 15 is 0 Å². The molecule has 18 heavy (non-hydrogen) atoms. The standard InChI is InChI=1S/C12H12FN3OS/c1-7-6-18-11(16-7)5-17-10-3-2-8(12(14)15)4-9(10)13/h2-4,6H,5H2,1H3,(H3,14,15). The van der Waals surface area contributed by atoms with E-state index in [1.807, 2.05) is 12.3 Å². The number of aryl methyl sites for hydroxylation is 1. The van der Waals surface area contributed by atoms with Gasteiger partial charge in [-0.25, -0.2) is 9.37 Å². The average Bonchev–Trinajstić information content (AvgIpc) is 2.73. The van der Waals surface area contributed by atoms with Crippen LogP contribution in [0.5, 0.6) is 5.75 Å². The van der Waals surface area contributed by atoms with Gasteiger partial charge in [0.25, 0.3) is 0 Å². The van der Waals surface area contributed by atoms with Crippen LogP contribution in [-0.2, 0) is 6.61 Å². The predicted molar refractivity (Wildman–Crippen MR) is 68.6 cm³/mol. The van der Waals surface area contributed by atoms with E-state index in [-0.39, 0.29) is 18.2 Å². The third-order valence-corrected chi connectivity index (χ3v) is 3.20. The van der Waals surface area contributed by atoms with Gasteiger partial charge in [0.15, 0.2) is 11.6 Å². The van der Waals surface area contributed by atoms with Crippen LogP contribution in [0.3, 0.4) is 0 Å². The quantitative estimate of drug-likeness (QED) is 0.659. The zero-order valence-electron chi connectivity index (χ0n) is 9.74. The summed E-state index contributed by atoms with van der Waals surface area (Å²) in [7, 11) is 0. The second-order valence-corrected chi connectivity index (χ2v) is 4.67. The van der Waals surface area contributed by atoms with Crippen molar-refractivity contribution in [3.63, 3.8) is 0 Å². The molecule has 1 heterocycles. The molecule has 0 saturated heterocycles. The van der Waals surface area contributed by atoms with Crippen molar-refractivity contribution in [2.45, 2.75) is 13.5 Å². The minimum absolute atomic E-state index is 0.132. The Balaban J connectivity index is 2.08. The molecule has 1 aromatic carbocycles. The molecule has 0 aliphatic heterocycles. The Hall–Kier alpha value is -1.95. The van der Waals surface area contributed by atoms with Gasteiger partial charge < -0.3 is 10.5 Å². The number of nitrogens with zero attached hydrogens (tertiary/aromatic N) is 1. The summed E-state index contributed by atoms with van der Waals surface area (Å²) in [6.07, 6.45) is 0. The van der Waals surface area contributed by atoms with Crippen LogP contribution in [0.2, 0.25) is 0 Å². The van der Waals surface area contributed by atoms with Gasteiger partial charge in [0, 0.05) is 16.6 Å². The summed E-state index contributed by atoms with van der Waals surface area (Å²) in [6, 6.07) is 4.20. The number of hydrogen-bond acceptors (Lipinski definition) is 4. The molecular weight excluding hydrogens is 253 g/mol. The van der Waals surface area contributed by atoms with Crippen molar-refractivity contribution >= 4 is 17.2 Å². The molecule has 1 aromatic heterocycles. The van der Waals surface area contributed by atoms with Crippen LogP contribution in [-0.4, -0.2) is 10.8 Å². The maximum Gasteiger partial charge on any atom is 0.165 e. The van der Waals surface area contributed by atoms with Crippen molar-refractivity contribution in [1.82, 2.24) is 4.98 Å². The monoisotopic (exact) mass is 265 g/mol. The number of thiazole rings is 1. The molecule has 0 bridgehead atoms. The Morgan fingerprint density at radius 3 is 2.89 bits per heavy atom. The van der Waals surface area contributed by atoms with Crippen molar-refractivity contribution in [3.05, 3.63) is 45.7 Å². The molecule has 2 rings (SSSR count). The summed E-state index contributed by atoms with van der Waals surface area (Å²) in [4.78, 5) is 4.22. The number of nitrogens with two attached hydrogens (primary N) is 1. The highest BCUT2D eigenvalue weighted by Crippen LogP contribution is 2.20. The third kappa shape index (κ3) is 2.84. The molecule has 6 heteroatoms. The van der Waals surface area contributed by atoms with Gasteiger partial charge >= 0.3 is 0 Å². The van der Waals surface area contributed by atoms with Crippen molar-refractivity contribution in [3.8, 4) is 5.75 Å². The fourth-order valence-electron chi connectivity index (χ4n) is 1.39. The topological polar surface area (TPSA) is 72.0 Å². The van der Waals surface area contributed by atoms with Crippen LogP contribution in [0.4, 0.5) is 4.39 Å². The molecule has 0 radical (unpaired) electrons. The number of halogens is 1. The molecule has 2 aromatic rings. The van der Waals surface area contributed by atoms with Gasteiger partial charge in [0.05, 0.1) is 0 Å². The van der Waals surface area contributed by atoms with E-state index in [0.29, 0.717) is 5.56 Å². The minimum atomic E-state index is -0.532. The van der Waals surface area contributed by atoms with E-state index in [0.717, 1.165) is 10.7 Å². The molecule has 0 atom stereocenters. The highest BCUT2D eigenvalue weighted by Gasteiger charge is 2.07. The van der Waals surface area contributed by atoms with Crippen LogP contribution >= 0.6 is 11.3 Å². The average molecular weight is 265 g/mol. The van der Waals surface area contributed by atoms with E-state index in [9.17, 15) is 4.39 Å². The number of benzene rings is 1. The Labute approximate surface area is 108 Å². The van der Waals surface area contributed by atoms with Gasteiger partial charge in [0.2, 0.25) is 0 Å². The van der Waals surface area contributed by atoms with Crippen LogP contribution < -0.4 is 10.5 Å². The molecule has 0 aliphatic carbocycles. The van der Waals surface area contributed by atoms with Crippen LogP contribution in [0, 0.1) is 18.2 Å². The zero-order valence-corrected chi connectivity index (χ0v) is 10.6. The fraction of sp³-hybridized carbons (Fsp3) is 0.167. The van der Waals surface area contributed by atoms with Gasteiger partial charge in [-0.3, -0.25) is 5.41 Å². The Bertz CT molecular complexity index is 582. The third-order valence-electron chi connectivity index (χ3n) is 2.26. The summed E-state index contributed by atoms with van der Waals surface area (Å²) < 4.78 is 19.0. The van der Waals surface area contributed by atoms with E-state index in [1.165, 1.54) is 23.5 Å².